The monoisotopic (exact) mass is 264 g/mol. The molecule has 0 fully saturated rings. The van der Waals surface area contributed by atoms with Crippen LogP contribution in [0, 0.1) is 0 Å². The van der Waals surface area contributed by atoms with Gasteiger partial charge in [0.15, 0.2) is 5.78 Å². The van der Waals surface area contributed by atoms with Crippen molar-refractivity contribution in [3.05, 3.63) is 52.8 Å². The van der Waals surface area contributed by atoms with Gasteiger partial charge in [0, 0.05) is 22.4 Å². The Morgan fingerprint density at radius 2 is 2.27 bits per heavy atom. The third kappa shape index (κ3) is 2.53. The molecule has 0 saturated carbocycles. The number of hydrogen-bond donors (Lipinski definition) is 0. The molecule has 3 nitrogen and oxygen atoms in total. The predicted molar refractivity (Wildman–Crippen MR) is 60.7 cm³/mol. The molecule has 0 aliphatic rings. The summed E-state index contributed by atoms with van der Waals surface area (Å²) in [6.07, 6.45) is 3.43. The number of rotatable bonds is 3. The van der Waals surface area contributed by atoms with Gasteiger partial charge in [-0.05, 0) is 18.2 Å². The lowest BCUT2D eigenvalue weighted by Crippen LogP contribution is -2.10. The average Bonchev–Trinajstić information content (AvgIpc) is 2.70. The van der Waals surface area contributed by atoms with Crippen LogP contribution in [-0.4, -0.2) is 15.6 Å². The van der Waals surface area contributed by atoms with Crippen molar-refractivity contribution in [2.75, 3.05) is 0 Å². The molecule has 1 aromatic carbocycles. The van der Waals surface area contributed by atoms with Crippen LogP contribution in [0.1, 0.15) is 10.4 Å². The zero-order chi connectivity index (χ0) is 10.7. The van der Waals surface area contributed by atoms with E-state index < -0.39 is 0 Å². The van der Waals surface area contributed by atoms with Crippen molar-refractivity contribution in [1.29, 1.82) is 0 Å². The van der Waals surface area contributed by atoms with Crippen LogP contribution in [0.3, 0.4) is 0 Å². The number of benzene rings is 1. The Balaban J connectivity index is 2.15. The van der Waals surface area contributed by atoms with Crippen molar-refractivity contribution in [3.63, 3.8) is 0 Å². The van der Waals surface area contributed by atoms with Crippen molar-refractivity contribution in [2.24, 2.45) is 0 Å². The standard InChI is InChI=1S/C11H9BrN2O/c12-10-4-1-3-9(7-10)11(15)8-14-6-2-5-13-14/h1-7H,8H2. The van der Waals surface area contributed by atoms with Crippen LogP contribution in [0.5, 0.6) is 0 Å². The number of nitrogens with zero attached hydrogens (tertiary/aromatic N) is 2. The largest absolute Gasteiger partial charge is 0.292 e. The van der Waals surface area contributed by atoms with Crippen LogP contribution in [0.2, 0.25) is 0 Å². The van der Waals surface area contributed by atoms with Crippen LogP contribution in [0.25, 0.3) is 0 Å². The number of ketones is 1. The summed E-state index contributed by atoms with van der Waals surface area (Å²) in [5.41, 5.74) is 0.694. The van der Waals surface area contributed by atoms with Crippen molar-refractivity contribution in [1.82, 2.24) is 9.78 Å². The Labute approximate surface area is 95.9 Å². The van der Waals surface area contributed by atoms with Gasteiger partial charge in [0.1, 0.15) is 6.54 Å². The van der Waals surface area contributed by atoms with Crippen LogP contribution < -0.4 is 0 Å². The highest BCUT2D eigenvalue weighted by atomic mass is 79.9. The van der Waals surface area contributed by atoms with Gasteiger partial charge in [-0.1, -0.05) is 28.1 Å². The van der Waals surface area contributed by atoms with E-state index in [0.717, 1.165) is 4.47 Å². The van der Waals surface area contributed by atoms with Gasteiger partial charge in [-0.15, -0.1) is 0 Å². The van der Waals surface area contributed by atoms with E-state index in [1.54, 1.807) is 29.2 Å². The zero-order valence-electron chi connectivity index (χ0n) is 7.93. The summed E-state index contributed by atoms with van der Waals surface area (Å²) in [6.45, 7) is 0.281. The molecular weight excluding hydrogens is 256 g/mol. The van der Waals surface area contributed by atoms with Crippen molar-refractivity contribution >= 4 is 21.7 Å². The average molecular weight is 265 g/mol. The van der Waals surface area contributed by atoms with Gasteiger partial charge in [0.2, 0.25) is 0 Å². The van der Waals surface area contributed by atoms with Crippen molar-refractivity contribution in [2.45, 2.75) is 6.54 Å². The van der Waals surface area contributed by atoms with E-state index in [0.29, 0.717) is 5.56 Å². The molecule has 0 unspecified atom stereocenters. The first kappa shape index (κ1) is 10.1. The fraction of sp³-hybridized carbons (Fsp3) is 0.0909. The Hall–Kier alpha value is -1.42. The lowest BCUT2D eigenvalue weighted by atomic mass is 10.1. The van der Waals surface area contributed by atoms with Crippen molar-refractivity contribution in [3.8, 4) is 0 Å². The Morgan fingerprint density at radius 3 is 2.93 bits per heavy atom. The van der Waals surface area contributed by atoms with E-state index in [2.05, 4.69) is 21.0 Å². The lowest BCUT2D eigenvalue weighted by Gasteiger charge is -2.01. The molecule has 2 aromatic rings. The van der Waals surface area contributed by atoms with E-state index >= 15 is 0 Å². The van der Waals surface area contributed by atoms with Crippen LogP contribution in [0.15, 0.2) is 47.2 Å². The molecule has 0 N–H and O–H groups in total. The number of halogens is 1. The minimum atomic E-state index is 0.0556. The molecular formula is C11H9BrN2O. The predicted octanol–water partition coefficient (Wildman–Crippen LogP) is 2.53. The molecule has 0 atom stereocenters. The minimum absolute atomic E-state index is 0.0556. The third-order valence-corrected chi connectivity index (χ3v) is 2.50. The van der Waals surface area contributed by atoms with E-state index in [1.807, 2.05) is 18.2 Å². The minimum Gasteiger partial charge on any atom is -0.292 e. The summed E-state index contributed by atoms with van der Waals surface area (Å²) in [7, 11) is 0. The first-order valence-corrected chi connectivity index (χ1v) is 5.31. The molecule has 2 rings (SSSR count). The second-order valence-corrected chi connectivity index (χ2v) is 4.05. The van der Waals surface area contributed by atoms with Gasteiger partial charge in [-0.3, -0.25) is 9.48 Å². The fourth-order valence-electron chi connectivity index (χ4n) is 1.29. The quantitative estimate of drug-likeness (QED) is 0.799. The molecule has 0 saturated heterocycles. The van der Waals surface area contributed by atoms with E-state index in [1.165, 1.54) is 0 Å². The molecule has 76 valence electrons. The zero-order valence-corrected chi connectivity index (χ0v) is 9.52. The topological polar surface area (TPSA) is 34.9 Å². The van der Waals surface area contributed by atoms with Crippen LogP contribution in [0.4, 0.5) is 0 Å². The highest BCUT2D eigenvalue weighted by molar-refractivity contribution is 9.10. The second kappa shape index (κ2) is 4.40. The molecule has 1 heterocycles. The number of carbonyl (C=O) groups is 1. The van der Waals surface area contributed by atoms with Gasteiger partial charge < -0.3 is 0 Å². The number of aromatic nitrogens is 2. The summed E-state index contributed by atoms with van der Waals surface area (Å²) in [4.78, 5) is 11.8. The number of Topliss-reactive ketones (excluding diaryl/α,β-unsaturated/α-hetero) is 1. The summed E-state index contributed by atoms with van der Waals surface area (Å²) >= 11 is 3.33. The smallest absolute Gasteiger partial charge is 0.184 e. The highest BCUT2D eigenvalue weighted by Gasteiger charge is 2.06. The summed E-state index contributed by atoms with van der Waals surface area (Å²) < 4.78 is 2.53. The summed E-state index contributed by atoms with van der Waals surface area (Å²) in [5.74, 6) is 0.0556. The maximum Gasteiger partial charge on any atom is 0.184 e. The Kier molecular flexibility index (Phi) is 2.97. The molecule has 0 spiro atoms. The Bertz CT molecular complexity index is 465. The highest BCUT2D eigenvalue weighted by Crippen LogP contribution is 2.12. The first-order valence-electron chi connectivity index (χ1n) is 4.52. The molecule has 0 bridgehead atoms. The fourth-order valence-corrected chi connectivity index (χ4v) is 1.69. The maximum atomic E-state index is 11.8. The normalized spacial score (nSPS) is 10.2. The Morgan fingerprint density at radius 1 is 1.40 bits per heavy atom. The maximum absolute atomic E-state index is 11.8. The third-order valence-electron chi connectivity index (χ3n) is 2.01. The molecule has 1 aromatic heterocycles. The van der Waals surface area contributed by atoms with E-state index in [9.17, 15) is 4.79 Å². The second-order valence-electron chi connectivity index (χ2n) is 3.14. The molecule has 15 heavy (non-hydrogen) atoms. The molecule has 0 aliphatic heterocycles. The molecule has 0 aliphatic carbocycles. The van der Waals surface area contributed by atoms with Gasteiger partial charge in [0.25, 0.3) is 0 Å². The van der Waals surface area contributed by atoms with Crippen molar-refractivity contribution < 1.29 is 4.79 Å². The lowest BCUT2D eigenvalue weighted by molar-refractivity contribution is 0.0967. The van der Waals surface area contributed by atoms with Crippen LogP contribution >= 0.6 is 15.9 Å². The number of hydrogen-bond acceptors (Lipinski definition) is 2. The van der Waals surface area contributed by atoms with Gasteiger partial charge in [-0.2, -0.15) is 5.10 Å². The van der Waals surface area contributed by atoms with Gasteiger partial charge in [0.05, 0.1) is 0 Å². The van der Waals surface area contributed by atoms with Gasteiger partial charge >= 0.3 is 0 Å². The van der Waals surface area contributed by atoms with E-state index in [4.69, 9.17) is 0 Å². The van der Waals surface area contributed by atoms with Crippen LogP contribution in [-0.2, 0) is 6.54 Å². The summed E-state index contributed by atoms with van der Waals surface area (Å²) in [5, 5.41) is 3.99. The molecule has 4 heteroatoms. The number of carbonyl (C=O) groups excluding carboxylic acids is 1. The van der Waals surface area contributed by atoms with Gasteiger partial charge in [-0.25, -0.2) is 0 Å². The summed E-state index contributed by atoms with van der Waals surface area (Å²) in [6, 6.07) is 9.15. The molecule has 0 radical (unpaired) electrons. The first-order chi connectivity index (χ1) is 7.25. The SMILES string of the molecule is O=C(Cn1cccn1)c1cccc(Br)c1. The molecule has 0 amide bonds. The van der Waals surface area contributed by atoms with E-state index in [-0.39, 0.29) is 12.3 Å².